The molecule has 3 saturated heterocycles. The van der Waals surface area contributed by atoms with Gasteiger partial charge in [-0.3, -0.25) is 14.4 Å². The van der Waals surface area contributed by atoms with E-state index in [2.05, 4.69) is 10.6 Å². The summed E-state index contributed by atoms with van der Waals surface area (Å²) in [6, 6.07) is 6.21. The van der Waals surface area contributed by atoms with Gasteiger partial charge in [-0.2, -0.15) is 0 Å². The maximum Gasteiger partial charge on any atom is 0.250 e. The summed E-state index contributed by atoms with van der Waals surface area (Å²) in [5.74, 6) is -1.21. The van der Waals surface area contributed by atoms with Gasteiger partial charge in [-0.25, -0.2) is 0 Å². The van der Waals surface area contributed by atoms with Gasteiger partial charge in [0.1, 0.15) is 17.4 Å². The molecule has 1 spiro atoms. The van der Waals surface area contributed by atoms with E-state index in [-0.39, 0.29) is 30.4 Å². The van der Waals surface area contributed by atoms with Crippen LogP contribution in [0.2, 0.25) is 0 Å². The molecular weight excluding hydrogens is 438 g/mol. The van der Waals surface area contributed by atoms with Crippen LogP contribution in [0.15, 0.2) is 24.3 Å². The van der Waals surface area contributed by atoms with Crippen molar-refractivity contribution in [3.63, 3.8) is 0 Å². The van der Waals surface area contributed by atoms with E-state index < -0.39 is 23.5 Å². The molecule has 0 aliphatic carbocycles. The first-order chi connectivity index (χ1) is 16.5. The highest BCUT2D eigenvalue weighted by Gasteiger charge is 2.74. The highest BCUT2D eigenvalue weighted by Crippen LogP contribution is 2.58. The van der Waals surface area contributed by atoms with Gasteiger partial charge >= 0.3 is 0 Å². The van der Waals surface area contributed by atoms with Crippen molar-refractivity contribution in [2.45, 2.75) is 63.2 Å². The number of ether oxygens (including phenoxy) is 2. The molecule has 0 radical (unpaired) electrons. The molecule has 3 amide bonds. The number of nitrogens with zero attached hydrogens (tertiary/aromatic N) is 1. The Balaban J connectivity index is 1.60. The number of anilines is 1. The van der Waals surface area contributed by atoms with E-state index in [0.29, 0.717) is 50.2 Å². The molecule has 1 aromatic rings. The van der Waals surface area contributed by atoms with Gasteiger partial charge in [-0.05, 0) is 62.8 Å². The summed E-state index contributed by atoms with van der Waals surface area (Å²) < 4.78 is 11.6. The number of nitrogens with one attached hydrogen (secondary N) is 2. The van der Waals surface area contributed by atoms with Crippen LogP contribution in [-0.4, -0.2) is 72.3 Å². The summed E-state index contributed by atoms with van der Waals surface area (Å²) in [5.41, 5.74) is -0.396. The van der Waals surface area contributed by atoms with Crippen LogP contribution in [0.25, 0.3) is 0 Å². The molecule has 1 aromatic carbocycles. The van der Waals surface area contributed by atoms with E-state index in [1.54, 1.807) is 36.3 Å². The van der Waals surface area contributed by atoms with Gasteiger partial charge in [0.25, 0.3) is 0 Å². The predicted octanol–water partition coefficient (Wildman–Crippen LogP) is 1.70. The number of hydrogen-bond donors (Lipinski definition) is 3. The molecule has 0 saturated carbocycles. The zero-order valence-corrected chi connectivity index (χ0v) is 19.9. The van der Waals surface area contributed by atoms with E-state index in [9.17, 15) is 14.4 Å². The number of likely N-dealkylation sites (tertiary alicyclic amines) is 1. The summed E-state index contributed by atoms with van der Waals surface area (Å²) in [6.07, 6.45) is 3.72. The van der Waals surface area contributed by atoms with Crippen LogP contribution in [0.3, 0.4) is 0 Å². The van der Waals surface area contributed by atoms with E-state index in [0.717, 1.165) is 12.8 Å². The van der Waals surface area contributed by atoms with Crippen LogP contribution in [0.1, 0.15) is 45.4 Å². The Morgan fingerprint density at radius 3 is 2.65 bits per heavy atom. The van der Waals surface area contributed by atoms with Crippen LogP contribution in [0.4, 0.5) is 5.69 Å². The van der Waals surface area contributed by atoms with Gasteiger partial charge in [0.05, 0.1) is 25.0 Å². The number of rotatable bonds is 11. The second-order valence-electron chi connectivity index (χ2n) is 9.38. The van der Waals surface area contributed by atoms with E-state index in [4.69, 9.17) is 14.6 Å². The number of carbonyl (C=O) groups excluding carboxylic acids is 3. The summed E-state index contributed by atoms with van der Waals surface area (Å²) in [5, 5.41) is 15.0. The second-order valence-corrected chi connectivity index (χ2v) is 9.38. The molecule has 34 heavy (non-hydrogen) atoms. The van der Waals surface area contributed by atoms with E-state index in [1.165, 1.54) is 0 Å². The quantitative estimate of drug-likeness (QED) is 0.421. The van der Waals surface area contributed by atoms with Gasteiger partial charge < -0.3 is 30.1 Å². The Morgan fingerprint density at radius 2 is 1.97 bits per heavy atom. The molecule has 5 atom stereocenters. The van der Waals surface area contributed by atoms with Crippen molar-refractivity contribution in [2.75, 3.05) is 32.1 Å². The molecule has 3 aliphatic rings. The van der Waals surface area contributed by atoms with Gasteiger partial charge in [0, 0.05) is 25.4 Å². The molecule has 9 heteroatoms. The van der Waals surface area contributed by atoms with Crippen LogP contribution in [0.5, 0.6) is 5.75 Å². The second kappa shape index (κ2) is 10.3. The topological polar surface area (TPSA) is 117 Å². The van der Waals surface area contributed by atoms with Gasteiger partial charge in [-0.1, -0.05) is 6.92 Å². The molecule has 3 N–H and O–H groups in total. The van der Waals surface area contributed by atoms with Gasteiger partial charge in [0.2, 0.25) is 17.7 Å². The first-order valence-electron chi connectivity index (χ1n) is 12.3. The highest BCUT2D eigenvalue weighted by molar-refractivity contribution is 6.03. The smallest absolute Gasteiger partial charge is 0.250 e. The number of aliphatic hydroxyl groups is 1. The number of methoxy groups -OCH3 is 1. The minimum atomic E-state index is -0.997. The van der Waals surface area contributed by atoms with Crippen LogP contribution >= 0.6 is 0 Å². The lowest BCUT2D eigenvalue weighted by atomic mass is 9.70. The third-order valence-electron chi connectivity index (χ3n) is 7.32. The predicted molar refractivity (Wildman–Crippen MR) is 125 cm³/mol. The van der Waals surface area contributed by atoms with Crippen LogP contribution < -0.4 is 15.4 Å². The van der Waals surface area contributed by atoms with Crippen molar-refractivity contribution < 1.29 is 29.0 Å². The van der Waals surface area contributed by atoms with E-state index in [1.807, 2.05) is 6.92 Å². The summed E-state index contributed by atoms with van der Waals surface area (Å²) in [6.45, 7) is 3.00. The Kier molecular flexibility index (Phi) is 7.42. The fourth-order valence-electron chi connectivity index (χ4n) is 5.82. The standard InChI is InChI=1S/C25H35N3O6/c1-3-13-26-22(30)19-18-11-12-25(34-18)20(19)24(32)28(14-5-4-6-15-29)21(25)23(31)27-16-7-9-17(33-2)10-8-16/h7-10,18-21,29H,3-6,11-15H2,1-2H3,(H,26,30)(H,27,31)/t18-,19+,20-,21?,25?/m0/s1. The molecule has 9 nitrogen and oxygen atoms in total. The molecule has 2 bridgehead atoms. The third kappa shape index (κ3) is 4.27. The van der Waals surface area contributed by atoms with Gasteiger partial charge in [0.15, 0.2) is 0 Å². The molecule has 3 heterocycles. The molecule has 3 aliphatic heterocycles. The van der Waals surface area contributed by atoms with Crippen LogP contribution in [0, 0.1) is 11.8 Å². The van der Waals surface area contributed by atoms with Crippen LogP contribution in [-0.2, 0) is 19.1 Å². The maximum atomic E-state index is 13.7. The number of benzene rings is 1. The zero-order chi connectivity index (χ0) is 24.3. The van der Waals surface area contributed by atoms with Crippen molar-refractivity contribution in [3.05, 3.63) is 24.3 Å². The normalized spacial score (nSPS) is 29.3. The SMILES string of the molecule is CCCNC(=O)[C@@H]1[C@@H]2CCC3(O2)C(C(=O)Nc2ccc(OC)cc2)N(CCCCCO)C(=O)[C@H]13. The highest BCUT2D eigenvalue weighted by atomic mass is 16.5. The lowest BCUT2D eigenvalue weighted by molar-refractivity contribution is -0.140. The lowest BCUT2D eigenvalue weighted by Crippen LogP contribution is -2.53. The average Bonchev–Trinajstić information content (AvgIpc) is 3.48. The third-order valence-corrected chi connectivity index (χ3v) is 7.32. The molecule has 186 valence electrons. The summed E-state index contributed by atoms with van der Waals surface area (Å²) in [4.78, 5) is 42.0. The van der Waals surface area contributed by atoms with Crippen molar-refractivity contribution in [1.82, 2.24) is 10.2 Å². The monoisotopic (exact) mass is 473 g/mol. The Hall–Kier alpha value is -2.65. The number of aliphatic hydroxyl groups excluding tert-OH is 1. The maximum absolute atomic E-state index is 13.7. The minimum absolute atomic E-state index is 0.0896. The lowest BCUT2D eigenvalue weighted by Gasteiger charge is -2.33. The molecule has 4 rings (SSSR count). The minimum Gasteiger partial charge on any atom is -0.497 e. The fraction of sp³-hybridized carbons (Fsp3) is 0.640. The number of amides is 3. The number of hydrogen-bond acceptors (Lipinski definition) is 6. The van der Waals surface area contributed by atoms with Crippen molar-refractivity contribution in [1.29, 1.82) is 0 Å². The van der Waals surface area contributed by atoms with Gasteiger partial charge in [-0.15, -0.1) is 0 Å². The molecule has 3 fully saturated rings. The number of fused-ring (bicyclic) bond motifs is 1. The molecule has 0 aromatic heterocycles. The molecular formula is C25H35N3O6. The summed E-state index contributed by atoms with van der Waals surface area (Å²) >= 11 is 0. The first kappa shape index (κ1) is 24.5. The molecule has 2 unspecified atom stereocenters. The zero-order valence-electron chi connectivity index (χ0n) is 19.9. The Bertz CT molecular complexity index is 906. The number of unbranched alkanes of at least 4 members (excludes halogenated alkanes) is 2. The Morgan fingerprint density at radius 1 is 1.21 bits per heavy atom. The van der Waals surface area contributed by atoms with Crippen molar-refractivity contribution in [3.8, 4) is 5.75 Å². The summed E-state index contributed by atoms with van der Waals surface area (Å²) in [7, 11) is 1.58. The largest absolute Gasteiger partial charge is 0.497 e. The fourth-order valence-corrected chi connectivity index (χ4v) is 5.82. The number of carbonyl (C=O) groups is 3. The Labute approximate surface area is 200 Å². The first-order valence-corrected chi connectivity index (χ1v) is 12.3. The van der Waals surface area contributed by atoms with E-state index >= 15 is 0 Å². The van der Waals surface area contributed by atoms with Crippen molar-refractivity contribution in [2.24, 2.45) is 11.8 Å². The van der Waals surface area contributed by atoms with Crippen molar-refractivity contribution >= 4 is 23.4 Å². The average molecular weight is 474 g/mol.